The van der Waals surface area contributed by atoms with Gasteiger partial charge in [-0.25, -0.2) is 4.79 Å². The van der Waals surface area contributed by atoms with E-state index >= 15 is 0 Å². The third-order valence-electron chi connectivity index (χ3n) is 2.67. The lowest BCUT2D eigenvalue weighted by molar-refractivity contribution is -0.138. The van der Waals surface area contributed by atoms with Crippen molar-refractivity contribution in [2.24, 2.45) is 10.9 Å². The third kappa shape index (κ3) is 7.41. The van der Waals surface area contributed by atoms with Gasteiger partial charge in [0.15, 0.2) is 6.73 Å². The number of ether oxygens (including phenoxy) is 1. The standard InChI is InChI=1S/C11H22N4O5/c1-8(14-19)15(7-20-11(18)13-2)6-4-3-5-9(12)10(16)17/h9,19H,3-7,12H2,1-2H3,(H,13,18)(H,16,17)/b14-8+/t9-/m0/s1. The highest BCUT2D eigenvalue weighted by Gasteiger charge is 2.13. The molecule has 0 fully saturated rings. The number of nitrogens with zero attached hydrogens (tertiary/aromatic N) is 2. The summed E-state index contributed by atoms with van der Waals surface area (Å²) in [6.45, 7) is 1.97. The van der Waals surface area contributed by atoms with Crippen LogP contribution in [0.25, 0.3) is 0 Å². The summed E-state index contributed by atoms with van der Waals surface area (Å²) < 4.78 is 4.86. The Kier molecular flexibility index (Phi) is 8.84. The van der Waals surface area contributed by atoms with Crippen LogP contribution >= 0.6 is 0 Å². The van der Waals surface area contributed by atoms with Crippen molar-refractivity contribution in [1.29, 1.82) is 0 Å². The fourth-order valence-electron chi connectivity index (χ4n) is 1.38. The van der Waals surface area contributed by atoms with Crippen molar-refractivity contribution < 1.29 is 24.6 Å². The number of alkyl carbamates (subject to hydrolysis) is 1. The highest BCUT2D eigenvalue weighted by atomic mass is 16.6. The van der Waals surface area contributed by atoms with Crippen LogP contribution in [0, 0.1) is 0 Å². The molecule has 0 aromatic rings. The minimum atomic E-state index is -1.03. The zero-order chi connectivity index (χ0) is 15.5. The van der Waals surface area contributed by atoms with E-state index in [-0.39, 0.29) is 6.73 Å². The lowest BCUT2D eigenvalue weighted by Crippen LogP contribution is -2.35. The van der Waals surface area contributed by atoms with Crippen molar-refractivity contribution >= 4 is 17.9 Å². The molecule has 0 aliphatic heterocycles. The van der Waals surface area contributed by atoms with Crippen molar-refractivity contribution in [2.45, 2.75) is 32.2 Å². The summed E-state index contributed by atoms with van der Waals surface area (Å²) in [5.41, 5.74) is 5.38. The molecule has 0 rings (SSSR count). The van der Waals surface area contributed by atoms with Crippen molar-refractivity contribution in [3.63, 3.8) is 0 Å². The second kappa shape index (κ2) is 9.84. The molecule has 0 heterocycles. The first-order valence-electron chi connectivity index (χ1n) is 6.18. The number of aliphatic carboxylic acids is 1. The molecule has 9 heteroatoms. The van der Waals surface area contributed by atoms with Crippen molar-refractivity contribution in [3.8, 4) is 0 Å². The molecule has 5 N–H and O–H groups in total. The molecule has 0 saturated heterocycles. The number of hydrogen-bond donors (Lipinski definition) is 4. The monoisotopic (exact) mass is 290 g/mol. The van der Waals surface area contributed by atoms with Crippen LogP contribution in [0.3, 0.4) is 0 Å². The Morgan fingerprint density at radius 3 is 2.60 bits per heavy atom. The molecule has 0 bridgehead atoms. The van der Waals surface area contributed by atoms with Gasteiger partial charge in [0.05, 0.1) is 0 Å². The number of amidine groups is 1. The number of nitrogens with one attached hydrogen (secondary N) is 1. The summed E-state index contributed by atoms with van der Waals surface area (Å²) in [6.07, 6.45) is 0.996. The fraction of sp³-hybridized carbons (Fsp3) is 0.727. The average molecular weight is 290 g/mol. The smallest absolute Gasteiger partial charge is 0.408 e. The van der Waals surface area contributed by atoms with Gasteiger partial charge >= 0.3 is 12.1 Å². The van der Waals surface area contributed by atoms with E-state index in [4.69, 9.17) is 20.8 Å². The van der Waals surface area contributed by atoms with Gasteiger partial charge in [0.1, 0.15) is 11.9 Å². The molecule has 1 atom stereocenters. The molecule has 0 spiro atoms. The third-order valence-corrected chi connectivity index (χ3v) is 2.67. The van der Waals surface area contributed by atoms with E-state index in [1.165, 1.54) is 7.05 Å². The lowest BCUT2D eigenvalue weighted by Gasteiger charge is -2.22. The maximum atomic E-state index is 11.0. The molecule has 0 aliphatic carbocycles. The second-order valence-corrected chi connectivity index (χ2v) is 4.16. The fourth-order valence-corrected chi connectivity index (χ4v) is 1.38. The average Bonchev–Trinajstić information content (AvgIpc) is 2.44. The Balaban J connectivity index is 4.11. The van der Waals surface area contributed by atoms with Crippen LogP contribution in [0.4, 0.5) is 4.79 Å². The zero-order valence-corrected chi connectivity index (χ0v) is 11.7. The first kappa shape index (κ1) is 18.0. The van der Waals surface area contributed by atoms with E-state index in [1.54, 1.807) is 11.8 Å². The lowest BCUT2D eigenvalue weighted by atomic mass is 10.1. The van der Waals surface area contributed by atoms with Crippen LogP contribution < -0.4 is 11.1 Å². The maximum Gasteiger partial charge on any atom is 0.408 e. The van der Waals surface area contributed by atoms with Gasteiger partial charge in [-0.15, -0.1) is 0 Å². The molecule has 9 nitrogen and oxygen atoms in total. The molecule has 0 saturated carbocycles. The number of rotatable bonds is 8. The Hall–Kier alpha value is -2.03. The molecule has 0 aromatic heterocycles. The number of nitrogens with two attached hydrogens (primary N) is 1. The number of carboxylic acid groups (broad SMARTS) is 1. The Morgan fingerprint density at radius 2 is 2.10 bits per heavy atom. The minimum absolute atomic E-state index is 0.0550. The van der Waals surface area contributed by atoms with E-state index in [9.17, 15) is 9.59 Å². The first-order chi connectivity index (χ1) is 9.42. The zero-order valence-electron chi connectivity index (χ0n) is 11.7. The number of carbonyl (C=O) groups is 2. The van der Waals surface area contributed by atoms with Gasteiger partial charge in [0.25, 0.3) is 0 Å². The van der Waals surface area contributed by atoms with Gasteiger partial charge < -0.3 is 31.0 Å². The van der Waals surface area contributed by atoms with E-state index in [0.717, 1.165) is 0 Å². The molecule has 20 heavy (non-hydrogen) atoms. The summed E-state index contributed by atoms with van der Waals surface area (Å²) in [5.74, 6) is -0.727. The summed E-state index contributed by atoms with van der Waals surface area (Å²) >= 11 is 0. The van der Waals surface area contributed by atoms with Crippen LogP contribution in [0.2, 0.25) is 0 Å². The molecule has 116 valence electrons. The predicted molar refractivity (Wildman–Crippen MR) is 71.5 cm³/mol. The predicted octanol–water partition coefficient (Wildman–Crippen LogP) is -0.00830. The van der Waals surface area contributed by atoms with E-state index in [2.05, 4.69) is 10.5 Å². The van der Waals surface area contributed by atoms with Gasteiger partial charge in [-0.1, -0.05) is 5.16 Å². The van der Waals surface area contributed by atoms with Crippen LogP contribution in [-0.2, 0) is 9.53 Å². The highest BCUT2D eigenvalue weighted by Crippen LogP contribution is 2.03. The van der Waals surface area contributed by atoms with Crippen molar-refractivity contribution in [1.82, 2.24) is 10.2 Å². The normalized spacial score (nSPS) is 12.7. The first-order valence-corrected chi connectivity index (χ1v) is 6.18. The summed E-state index contributed by atoms with van der Waals surface area (Å²) in [4.78, 5) is 23.1. The molecular weight excluding hydrogens is 268 g/mol. The number of carbonyl (C=O) groups excluding carboxylic acids is 1. The van der Waals surface area contributed by atoms with Crippen LogP contribution in [0.15, 0.2) is 5.16 Å². The molecule has 0 unspecified atom stereocenters. The van der Waals surface area contributed by atoms with Crippen molar-refractivity contribution in [3.05, 3.63) is 0 Å². The van der Waals surface area contributed by atoms with Crippen LogP contribution in [0.5, 0.6) is 0 Å². The highest BCUT2D eigenvalue weighted by molar-refractivity contribution is 5.79. The van der Waals surface area contributed by atoms with Gasteiger partial charge in [-0.2, -0.15) is 0 Å². The molecule has 0 aliphatic rings. The quantitative estimate of drug-likeness (QED) is 0.123. The van der Waals surface area contributed by atoms with E-state index in [1.807, 2.05) is 0 Å². The number of amides is 1. The topological polar surface area (TPSA) is 137 Å². The van der Waals surface area contributed by atoms with Gasteiger partial charge in [-0.3, -0.25) is 4.79 Å². The number of unbranched alkanes of at least 4 members (excludes halogenated alkanes) is 1. The van der Waals surface area contributed by atoms with E-state index < -0.39 is 18.1 Å². The maximum absolute atomic E-state index is 11.0. The van der Waals surface area contributed by atoms with E-state index in [0.29, 0.717) is 31.6 Å². The molecular formula is C11H22N4O5. The SMILES string of the molecule is CNC(=O)OCN(CCCC[C@H](N)C(=O)O)/C(C)=N/O. The van der Waals surface area contributed by atoms with Crippen LogP contribution in [0.1, 0.15) is 26.2 Å². The Bertz CT molecular complexity index is 348. The molecule has 1 amide bonds. The number of hydrogen-bond acceptors (Lipinski definition) is 6. The minimum Gasteiger partial charge on any atom is -0.480 e. The second-order valence-electron chi connectivity index (χ2n) is 4.16. The Labute approximate surface area is 117 Å². The number of carboxylic acids is 1. The van der Waals surface area contributed by atoms with Gasteiger partial charge in [0.2, 0.25) is 0 Å². The summed E-state index contributed by atoms with van der Waals surface area (Å²) in [7, 11) is 1.44. The van der Waals surface area contributed by atoms with Gasteiger partial charge in [-0.05, 0) is 26.2 Å². The molecule has 0 aromatic carbocycles. The van der Waals surface area contributed by atoms with Crippen molar-refractivity contribution in [2.75, 3.05) is 20.3 Å². The number of oxime groups is 1. The summed E-state index contributed by atoms with van der Waals surface area (Å²) in [6, 6.07) is -0.877. The summed E-state index contributed by atoms with van der Waals surface area (Å²) in [5, 5.41) is 22.7. The Morgan fingerprint density at radius 1 is 1.45 bits per heavy atom. The molecule has 0 radical (unpaired) electrons. The van der Waals surface area contributed by atoms with Gasteiger partial charge in [0, 0.05) is 13.6 Å². The van der Waals surface area contributed by atoms with Crippen LogP contribution in [-0.4, -0.2) is 59.5 Å². The largest absolute Gasteiger partial charge is 0.480 e.